The van der Waals surface area contributed by atoms with Crippen LogP contribution in [-0.2, 0) is 13.5 Å². The molecule has 4 heteroatoms. The van der Waals surface area contributed by atoms with Crippen LogP contribution in [0.4, 0.5) is 0 Å². The molecule has 0 amide bonds. The van der Waals surface area contributed by atoms with E-state index in [4.69, 9.17) is 5.84 Å². The van der Waals surface area contributed by atoms with E-state index >= 15 is 0 Å². The van der Waals surface area contributed by atoms with Gasteiger partial charge in [0, 0.05) is 19.2 Å². The summed E-state index contributed by atoms with van der Waals surface area (Å²) in [5.41, 5.74) is 6.97. The highest BCUT2D eigenvalue weighted by molar-refractivity contribution is 5.37. The lowest BCUT2D eigenvalue weighted by molar-refractivity contribution is 0.427. The quantitative estimate of drug-likeness (QED) is 0.635. The van der Waals surface area contributed by atoms with Gasteiger partial charge in [-0.05, 0) is 30.0 Å². The molecule has 1 heterocycles. The molecule has 1 aromatic carbocycles. The fourth-order valence-electron chi connectivity index (χ4n) is 3.03. The van der Waals surface area contributed by atoms with Crippen LogP contribution in [0.5, 0.6) is 0 Å². The largest absolute Gasteiger partial charge is 0.271 e. The first kappa shape index (κ1) is 11.4. The van der Waals surface area contributed by atoms with E-state index in [-0.39, 0.29) is 6.04 Å². The van der Waals surface area contributed by atoms with Crippen LogP contribution < -0.4 is 11.3 Å². The second kappa shape index (κ2) is 4.55. The van der Waals surface area contributed by atoms with Crippen molar-refractivity contribution in [2.45, 2.75) is 24.8 Å². The van der Waals surface area contributed by atoms with E-state index in [9.17, 15) is 0 Å². The van der Waals surface area contributed by atoms with E-state index < -0.39 is 0 Å². The van der Waals surface area contributed by atoms with Gasteiger partial charge < -0.3 is 0 Å². The Kier molecular flexibility index (Phi) is 2.89. The highest BCUT2D eigenvalue weighted by Gasteiger charge is 2.31. The summed E-state index contributed by atoms with van der Waals surface area (Å²) in [7, 11) is 1.96. The Morgan fingerprint density at radius 2 is 2.22 bits per heavy atom. The van der Waals surface area contributed by atoms with Crippen LogP contribution >= 0.6 is 0 Å². The molecular formula is C14H18N4. The van der Waals surface area contributed by atoms with Gasteiger partial charge in [-0.25, -0.2) is 0 Å². The van der Waals surface area contributed by atoms with Gasteiger partial charge in [-0.2, -0.15) is 5.10 Å². The molecule has 0 spiro atoms. The summed E-state index contributed by atoms with van der Waals surface area (Å²) in [5, 5.41) is 4.23. The summed E-state index contributed by atoms with van der Waals surface area (Å²) >= 11 is 0. The molecule has 0 fully saturated rings. The van der Waals surface area contributed by atoms with Crippen molar-refractivity contribution in [3.05, 3.63) is 53.3 Å². The number of nitrogens with zero attached hydrogens (tertiary/aromatic N) is 2. The van der Waals surface area contributed by atoms with E-state index in [2.05, 4.69) is 34.8 Å². The molecule has 0 radical (unpaired) electrons. The molecule has 3 N–H and O–H groups in total. The van der Waals surface area contributed by atoms with Gasteiger partial charge in [-0.3, -0.25) is 16.0 Å². The molecule has 94 valence electrons. The molecule has 4 nitrogen and oxygen atoms in total. The van der Waals surface area contributed by atoms with Crippen LogP contribution in [0.2, 0.25) is 0 Å². The second-order valence-electron chi connectivity index (χ2n) is 4.87. The molecule has 1 aliphatic rings. The zero-order valence-electron chi connectivity index (χ0n) is 10.5. The first-order valence-electron chi connectivity index (χ1n) is 6.33. The maximum absolute atomic E-state index is 5.78. The SMILES string of the molecule is Cn1nccc1C(NN)C1CCc2ccccc21. The summed E-state index contributed by atoms with van der Waals surface area (Å²) in [4.78, 5) is 0. The highest BCUT2D eigenvalue weighted by Crippen LogP contribution is 2.40. The van der Waals surface area contributed by atoms with Gasteiger partial charge in [-0.1, -0.05) is 24.3 Å². The van der Waals surface area contributed by atoms with Crippen LogP contribution in [0.15, 0.2) is 36.5 Å². The van der Waals surface area contributed by atoms with Crippen molar-refractivity contribution in [2.24, 2.45) is 12.9 Å². The Balaban J connectivity index is 1.98. The number of rotatable bonds is 3. The first-order chi connectivity index (χ1) is 8.81. The molecule has 1 aliphatic carbocycles. The summed E-state index contributed by atoms with van der Waals surface area (Å²) in [5.74, 6) is 6.21. The molecule has 0 saturated heterocycles. The average Bonchev–Trinajstić information content (AvgIpc) is 2.99. The molecule has 18 heavy (non-hydrogen) atoms. The normalized spacial score (nSPS) is 19.8. The molecule has 2 aromatic rings. The fourth-order valence-corrected chi connectivity index (χ4v) is 3.03. The average molecular weight is 242 g/mol. The topological polar surface area (TPSA) is 55.9 Å². The Bertz CT molecular complexity index is 546. The van der Waals surface area contributed by atoms with Crippen molar-refractivity contribution in [1.82, 2.24) is 15.2 Å². The van der Waals surface area contributed by atoms with Crippen molar-refractivity contribution >= 4 is 0 Å². The number of aromatic nitrogens is 2. The van der Waals surface area contributed by atoms with Gasteiger partial charge in [0.1, 0.15) is 0 Å². The molecule has 2 atom stereocenters. The fraction of sp³-hybridized carbons (Fsp3) is 0.357. The van der Waals surface area contributed by atoms with Gasteiger partial charge in [0.15, 0.2) is 0 Å². The maximum Gasteiger partial charge on any atom is 0.0697 e. The number of benzene rings is 1. The molecular weight excluding hydrogens is 224 g/mol. The molecule has 0 aliphatic heterocycles. The molecule has 0 saturated carbocycles. The van der Waals surface area contributed by atoms with Crippen LogP contribution in [-0.4, -0.2) is 9.78 Å². The van der Waals surface area contributed by atoms with E-state index in [0.29, 0.717) is 5.92 Å². The number of nitrogens with two attached hydrogens (primary N) is 1. The molecule has 3 rings (SSSR count). The zero-order chi connectivity index (χ0) is 12.5. The van der Waals surface area contributed by atoms with E-state index in [1.807, 2.05) is 24.0 Å². The van der Waals surface area contributed by atoms with Crippen molar-refractivity contribution in [3.8, 4) is 0 Å². The maximum atomic E-state index is 5.78. The number of hydrogen-bond acceptors (Lipinski definition) is 3. The number of hydrogen-bond donors (Lipinski definition) is 2. The summed E-state index contributed by atoms with van der Waals surface area (Å²) in [6, 6.07) is 10.8. The lowest BCUT2D eigenvalue weighted by Gasteiger charge is -2.23. The predicted octanol–water partition coefficient (Wildman–Crippen LogP) is 1.65. The lowest BCUT2D eigenvalue weighted by Crippen LogP contribution is -2.33. The standard InChI is InChI=1S/C14H18N4/c1-18-13(8-9-16-18)14(17-15)12-7-6-10-4-2-3-5-11(10)12/h2-5,8-9,12,14,17H,6-7,15H2,1H3. The monoisotopic (exact) mass is 242 g/mol. The van der Waals surface area contributed by atoms with Gasteiger partial charge in [0.2, 0.25) is 0 Å². The summed E-state index contributed by atoms with van der Waals surface area (Å²) in [6.45, 7) is 0. The minimum atomic E-state index is 0.126. The summed E-state index contributed by atoms with van der Waals surface area (Å²) in [6.07, 6.45) is 4.09. The minimum absolute atomic E-state index is 0.126. The third-order valence-corrected chi connectivity index (χ3v) is 3.94. The van der Waals surface area contributed by atoms with Gasteiger partial charge in [0.05, 0.1) is 11.7 Å². The van der Waals surface area contributed by atoms with Crippen molar-refractivity contribution < 1.29 is 0 Å². The molecule has 2 unspecified atom stereocenters. The number of aryl methyl sites for hydroxylation is 2. The van der Waals surface area contributed by atoms with E-state index in [0.717, 1.165) is 18.5 Å². The highest BCUT2D eigenvalue weighted by atomic mass is 15.3. The van der Waals surface area contributed by atoms with Gasteiger partial charge in [-0.15, -0.1) is 0 Å². The zero-order valence-corrected chi connectivity index (χ0v) is 10.5. The lowest BCUT2D eigenvalue weighted by atomic mass is 9.91. The first-order valence-corrected chi connectivity index (χ1v) is 6.33. The van der Waals surface area contributed by atoms with E-state index in [1.54, 1.807) is 0 Å². The molecule has 0 bridgehead atoms. The number of hydrazine groups is 1. The Labute approximate surface area is 107 Å². The Hall–Kier alpha value is -1.65. The van der Waals surface area contributed by atoms with Crippen molar-refractivity contribution in [3.63, 3.8) is 0 Å². The second-order valence-corrected chi connectivity index (χ2v) is 4.87. The third-order valence-electron chi connectivity index (χ3n) is 3.94. The summed E-state index contributed by atoms with van der Waals surface area (Å²) < 4.78 is 1.89. The van der Waals surface area contributed by atoms with Crippen LogP contribution in [0.25, 0.3) is 0 Å². The minimum Gasteiger partial charge on any atom is -0.271 e. The van der Waals surface area contributed by atoms with Crippen molar-refractivity contribution in [1.29, 1.82) is 0 Å². The smallest absolute Gasteiger partial charge is 0.0697 e. The van der Waals surface area contributed by atoms with Crippen LogP contribution in [0, 0.1) is 0 Å². The Morgan fingerprint density at radius 3 is 2.94 bits per heavy atom. The number of fused-ring (bicyclic) bond motifs is 1. The van der Waals surface area contributed by atoms with Crippen LogP contribution in [0.3, 0.4) is 0 Å². The van der Waals surface area contributed by atoms with Gasteiger partial charge >= 0.3 is 0 Å². The van der Waals surface area contributed by atoms with Gasteiger partial charge in [0.25, 0.3) is 0 Å². The predicted molar refractivity (Wildman–Crippen MR) is 70.8 cm³/mol. The van der Waals surface area contributed by atoms with E-state index in [1.165, 1.54) is 11.1 Å². The van der Waals surface area contributed by atoms with Crippen molar-refractivity contribution in [2.75, 3.05) is 0 Å². The molecule has 1 aromatic heterocycles. The third kappa shape index (κ3) is 1.74. The Morgan fingerprint density at radius 1 is 1.39 bits per heavy atom. The van der Waals surface area contributed by atoms with Crippen LogP contribution in [0.1, 0.15) is 35.2 Å². The number of nitrogens with one attached hydrogen (secondary N) is 1.